The lowest BCUT2D eigenvalue weighted by molar-refractivity contribution is -0.0437. The number of alkyl halides is 2. The van der Waals surface area contributed by atoms with E-state index in [1.165, 1.54) is 12.1 Å². The standard InChI is InChI=1S/C24H22F4N4O4/c1-11-17(36-16-5-4-15(30-22(16)28)24(34)29-8-18(25)26)10-32(11)9-12-2-3-13-20(19(12)27)31-23(33)14-6-7-35-21(13)14/h2-5,11,17-18H,6-10H2,1H3,(H,29,34)(H,31,33)/t11-,17+/m1/s1. The van der Waals surface area contributed by atoms with Crippen molar-refractivity contribution in [2.24, 2.45) is 0 Å². The molecule has 5 rings (SSSR count). The third kappa shape index (κ3) is 4.36. The van der Waals surface area contributed by atoms with Gasteiger partial charge in [-0.15, -0.1) is 0 Å². The molecule has 0 bridgehead atoms. The fourth-order valence-corrected chi connectivity index (χ4v) is 4.42. The highest BCUT2D eigenvalue weighted by Gasteiger charge is 2.38. The first-order chi connectivity index (χ1) is 17.2. The van der Waals surface area contributed by atoms with Crippen molar-refractivity contribution in [2.45, 2.75) is 38.5 Å². The van der Waals surface area contributed by atoms with E-state index in [-0.39, 0.29) is 35.1 Å². The summed E-state index contributed by atoms with van der Waals surface area (Å²) in [6, 6.07) is 5.59. The highest BCUT2D eigenvalue weighted by molar-refractivity contribution is 5.92. The number of carbonyl (C=O) groups excluding carboxylic acids is 1. The van der Waals surface area contributed by atoms with Crippen LogP contribution in [-0.2, 0) is 13.0 Å². The van der Waals surface area contributed by atoms with Gasteiger partial charge in [0.25, 0.3) is 23.8 Å². The van der Waals surface area contributed by atoms with Crippen LogP contribution in [0.4, 0.5) is 17.6 Å². The molecule has 4 heterocycles. The molecule has 1 saturated heterocycles. The molecule has 2 N–H and O–H groups in total. The molecule has 8 nitrogen and oxygen atoms in total. The first-order valence-electron chi connectivity index (χ1n) is 11.4. The van der Waals surface area contributed by atoms with Gasteiger partial charge in [-0.25, -0.2) is 18.2 Å². The molecule has 0 radical (unpaired) electrons. The van der Waals surface area contributed by atoms with Crippen LogP contribution in [0.25, 0.3) is 10.9 Å². The van der Waals surface area contributed by atoms with Crippen LogP contribution in [0.2, 0.25) is 0 Å². The summed E-state index contributed by atoms with van der Waals surface area (Å²) in [5.74, 6) is -2.24. The number of hydrogen-bond donors (Lipinski definition) is 2. The van der Waals surface area contributed by atoms with Gasteiger partial charge in [-0.2, -0.15) is 4.39 Å². The maximum atomic E-state index is 15.2. The number of fused-ring (bicyclic) bond motifs is 3. The number of H-pyrrole nitrogens is 1. The van der Waals surface area contributed by atoms with Gasteiger partial charge in [0.05, 0.1) is 24.2 Å². The number of pyridine rings is 2. The molecule has 1 fully saturated rings. The maximum absolute atomic E-state index is 15.2. The number of amides is 1. The molecule has 0 spiro atoms. The summed E-state index contributed by atoms with van der Waals surface area (Å²) in [6.45, 7) is 1.98. The minimum Gasteiger partial charge on any atom is -0.492 e. The molecule has 3 aromatic rings. The lowest BCUT2D eigenvalue weighted by Gasteiger charge is -2.45. The SMILES string of the molecule is C[C@@H]1[C@@H](Oc2ccc(C(=O)NCC(F)F)nc2F)CN1Cc1ccc2c3c(c(=O)[nH]c2c1F)CCO3. The van der Waals surface area contributed by atoms with Crippen LogP contribution in [-0.4, -0.2) is 59.0 Å². The Morgan fingerprint density at radius 3 is 2.83 bits per heavy atom. The minimum atomic E-state index is -2.73. The van der Waals surface area contributed by atoms with Crippen molar-refractivity contribution < 1.29 is 31.8 Å². The zero-order valence-corrected chi connectivity index (χ0v) is 19.1. The van der Waals surface area contributed by atoms with Crippen LogP contribution in [0.5, 0.6) is 11.5 Å². The van der Waals surface area contributed by atoms with Gasteiger partial charge in [0.1, 0.15) is 17.5 Å². The van der Waals surface area contributed by atoms with Crippen molar-refractivity contribution in [3.8, 4) is 11.5 Å². The third-order valence-corrected chi connectivity index (χ3v) is 6.50. The number of likely N-dealkylation sites (tertiary alicyclic amines) is 1. The summed E-state index contributed by atoms with van der Waals surface area (Å²) in [7, 11) is 0. The summed E-state index contributed by atoms with van der Waals surface area (Å²) in [6.07, 6.45) is -2.66. The number of aromatic amines is 1. The summed E-state index contributed by atoms with van der Waals surface area (Å²) in [4.78, 5) is 32.1. The van der Waals surface area contributed by atoms with E-state index in [0.29, 0.717) is 41.8 Å². The van der Waals surface area contributed by atoms with Crippen LogP contribution in [0.1, 0.15) is 28.5 Å². The second-order valence-electron chi connectivity index (χ2n) is 8.73. The van der Waals surface area contributed by atoms with Crippen LogP contribution < -0.4 is 20.3 Å². The Morgan fingerprint density at radius 1 is 1.31 bits per heavy atom. The molecule has 36 heavy (non-hydrogen) atoms. The first kappa shape index (κ1) is 24.0. The largest absolute Gasteiger partial charge is 0.492 e. The molecule has 0 aliphatic carbocycles. The molecule has 1 aromatic carbocycles. The summed E-state index contributed by atoms with van der Waals surface area (Å²) in [5, 5.41) is 2.48. The van der Waals surface area contributed by atoms with Gasteiger partial charge >= 0.3 is 0 Å². The van der Waals surface area contributed by atoms with E-state index in [2.05, 4.69) is 9.97 Å². The molecular formula is C24H22F4N4O4. The van der Waals surface area contributed by atoms with E-state index in [1.807, 2.05) is 17.1 Å². The second-order valence-corrected chi connectivity index (χ2v) is 8.73. The molecule has 0 unspecified atom stereocenters. The van der Waals surface area contributed by atoms with E-state index in [4.69, 9.17) is 9.47 Å². The van der Waals surface area contributed by atoms with Crippen molar-refractivity contribution in [1.29, 1.82) is 0 Å². The number of aromatic nitrogens is 2. The lowest BCUT2D eigenvalue weighted by atomic mass is 9.98. The predicted octanol–water partition coefficient (Wildman–Crippen LogP) is 2.78. The number of hydrogen-bond acceptors (Lipinski definition) is 6. The number of benzene rings is 1. The molecule has 2 atom stereocenters. The van der Waals surface area contributed by atoms with Gasteiger partial charge in [0.2, 0.25) is 0 Å². The molecule has 1 amide bonds. The van der Waals surface area contributed by atoms with Crippen LogP contribution >= 0.6 is 0 Å². The minimum absolute atomic E-state index is 0.102. The van der Waals surface area contributed by atoms with Crippen molar-refractivity contribution in [3.63, 3.8) is 0 Å². The number of nitrogens with one attached hydrogen (secondary N) is 2. The lowest BCUT2D eigenvalue weighted by Crippen LogP contribution is -2.60. The molecule has 12 heteroatoms. The maximum Gasteiger partial charge on any atom is 0.270 e. The van der Waals surface area contributed by atoms with Gasteiger partial charge in [0, 0.05) is 36.5 Å². The van der Waals surface area contributed by atoms with E-state index in [1.54, 1.807) is 12.1 Å². The number of halogens is 4. The molecule has 2 aliphatic rings. The van der Waals surface area contributed by atoms with Crippen molar-refractivity contribution in [3.05, 3.63) is 63.2 Å². The van der Waals surface area contributed by atoms with E-state index >= 15 is 4.39 Å². The van der Waals surface area contributed by atoms with Crippen molar-refractivity contribution in [1.82, 2.24) is 20.2 Å². The van der Waals surface area contributed by atoms with Gasteiger partial charge in [-0.05, 0) is 25.1 Å². The summed E-state index contributed by atoms with van der Waals surface area (Å²) in [5.41, 5.74) is 0.308. The van der Waals surface area contributed by atoms with E-state index in [9.17, 15) is 22.8 Å². The highest BCUT2D eigenvalue weighted by Crippen LogP contribution is 2.34. The Hall–Kier alpha value is -3.67. The highest BCUT2D eigenvalue weighted by atomic mass is 19.3. The number of rotatable bonds is 7. The van der Waals surface area contributed by atoms with Crippen LogP contribution in [0, 0.1) is 11.8 Å². The van der Waals surface area contributed by atoms with Gasteiger partial charge < -0.3 is 19.8 Å². The smallest absolute Gasteiger partial charge is 0.270 e. The monoisotopic (exact) mass is 506 g/mol. The Kier molecular flexibility index (Phi) is 6.29. The van der Waals surface area contributed by atoms with E-state index in [0.717, 1.165) is 0 Å². The zero-order valence-electron chi connectivity index (χ0n) is 19.1. The van der Waals surface area contributed by atoms with Gasteiger partial charge in [0.15, 0.2) is 11.6 Å². The van der Waals surface area contributed by atoms with Gasteiger partial charge in [-0.1, -0.05) is 6.07 Å². The Bertz CT molecular complexity index is 1400. The third-order valence-electron chi connectivity index (χ3n) is 6.50. The molecular weight excluding hydrogens is 484 g/mol. The van der Waals surface area contributed by atoms with Crippen LogP contribution in [0.15, 0.2) is 29.1 Å². The fraction of sp³-hybridized carbons (Fsp3) is 0.375. The molecule has 2 aliphatic heterocycles. The Balaban J connectivity index is 1.24. The average Bonchev–Trinajstić information content (AvgIpc) is 3.35. The Morgan fingerprint density at radius 2 is 2.11 bits per heavy atom. The van der Waals surface area contributed by atoms with E-state index < -0.39 is 36.7 Å². The molecule has 2 aromatic heterocycles. The molecule has 190 valence electrons. The number of carbonyl (C=O) groups is 1. The van der Waals surface area contributed by atoms with Crippen molar-refractivity contribution >= 4 is 16.8 Å². The number of ether oxygens (including phenoxy) is 2. The summed E-state index contributed by atoms with van der Waals surface area (Å²) < 4.78 is 65.3. The average molecular weight is 506 g/mol. The predicted molar refractivity (Wildman–Crippen MR) is 121 cm³/mol. The van der Waals surface area contributed by atoms with Gasteiger partial charge in [-0.3, -0.25) is 14.5 Å². The number of nitrogens with zero attached hydrogens (tertiary/aromatic N) is 2. The van der Waals surface area contributed by atoms with Crippen molar-refractivity contribution in [2.75, 3.05) is 19.7 Å². The Labute approximate surface area is 202 Å². The first-order valence-corrected chi connectivity index (χ1v) is 11.4. The quantitative estimate of drug-likeness (QED) is 0.378. The topological polar surface area (TPSA) is 96.5 Å². The summed E-state index contributed by atoms with van der Waals surface area (Å²) >= 11 is 0. The zero-order chi connectivity index (χ0) is 25.6. The van der Waals surface area contributed by atoms with Crippen LogP contribution in [0.3, 0.4) is 0 Å². The second kappa shape index (κ2) is 9.41. The molecule has 0 saturated carbocycles. The normalized spacial score (nSPS) is 19.2. The fourth-order valence-electron chi connectivity index (χ4n) is 4.42.